The zero-order chi connectivity index (χ0) is 19.1. The molecule has 0 unspecified atom stereocenters. The van der Waals surface area contributed by atoms with Crippen LogP contribution in [0.15, 0.2) is 91.0 Å². The molecule has 0 aliphatic carbocycles. The molecule has 0 aliphatic rings. The lowest BCUT2D eigenvalue weighted by atomic mass is 9.76. The summed E-state index contributed by atoms with van der Waals surface area (Å²) in [7, 11) is 1.51. The van der Waals surface area contributed by atoms with Gasteiger partial charge >= 0.3 is 5.97 Å². The molecular weight excluding hydrogens is 338 g/mol. The van der Waals surface area contributed by atoms with Crippen molar-refractivity contribution < 1.29 is 14.6 Å². The summed E-state index contributed by atoms with van der Waals surface area (Å²) in [4.78, 5) is 11.9. The number of carboxylic acid groups (broad SMARTS) is 1. The Morgan fingerprint density at radius 1 is 0.852 bits per heavy atom. The molecule has 4 nitrogen and oxygen atoms in total. The Labute approximate surface area is 159 Å². The largest absolute Gasteiger partial charge is 0.480 e. The van der Waals surface area contributed by atoms with Gasteiger partial charge in [-0.2, -0.15) is 0 Å². The van der Waals surface area contributed by atoms with Crippen molar-refractivity contribution >= 4 is 5.97 Å². The van der Waals surface area contributed by atoms with Gasteiger partial charge in [0, 0.05) is 7.11 Å². The van der Waals surface area contributed by atoms with Crippen molar-refractivity contribution in [3.8, 4) is 0 Å². The van der Waals surface area contributed by atoms with E-state index in [2.05, 4.69) is 5.32 Å². The molecule has 0 fully saturated rings. The van der Waals surface area contributed by atoms with Gasteiger partial charge in [-0.1, -0.05) is 91.0 Å². The standard InChI is InChI=1S/C23H23NO3/c1-27-17-21(22(25)26)24-23(18-11-5-2-6-12-18,19-13-7-3-8-14-19)20-15-9-4-10-16-20/h2-16,21,24H,17H2,1H3,(H,25,26)/t21-/m0/s1. The van der Waals surface area contributed by atoms with E-state index in [1.165, 1.54) is 7.11 Å². The molecule has 0 radical (unpaired) electrons. The van der Waals surface area contributed by atoms with Gasteiger partial charge in [0.2, 0.25) is 0 Å². The second-order valence-electron chi connectivity index (χ2n) is 6.34. The lowest BCUT2D eigenvalue weighted by molar-refractivity contribution is -0.141. The number of nitrogens with one attached hydrogen (secondary N) is 1. The molecule has 1 atom stereocenters. The number of carboxylic acids is 1. The van der Waals surface area contributed by atoms with E-state index < -0.39 is 17.6 Å². The van der Waals surface area contributed by atoms with Gasteiger partial charge in [0.25, 0.3) is 0 Å². The third kappa shape index (κ3) is 3.92. The Morgan fingerprint density at radius 3 is 1.52 bits per heavy atom. The summed E-state index contributed by atoms with van der Waals surface area (Å²) in [5, 5.41) is 13.2. The van der Waals surface area contributed by atoms with Crippen molar-refractivity contribution in [3.05, 3.63) is 108 Å². The van der Waals surface area contributed by atoms with Crippen molar-refractivity contribution in [1.29, 1.82) is 0 Å². The normalized spacial score (nSPS) is 12.5. The van der Waals surface area contributed by atoms with Crippen molar-refractivity contribution in [2.45, 2.75) is 11.6 Å². The Bertz CT molecular complexity index is 754. The molecule has 4 heteroatoms. The zero-order valence-corrected chi connectivity index (χ0v) is 15.2. The molecule has 3 aromatic rings. The molecule has 2 N–H and O–H groups in total. The zero-order valence-electron chi connectivity index (χ0n) is 15.2. The quantitative estimate of drug-likeness (QED) is 0.601. The van der Waals surface area contributed by atoms with E-state index in [1.807, 2.05) is 91.0 Å². The Morgan fingerprint density at radius 2 is 1.22 bits per heavy atom. The maximum atomic E-state index is 11.9. The number of rotatable bonds is 8. The fourth-order valence-electron chi connectivity index (χ4n) is 3.42. The smallest absolute Gasteiger partial charge is 0.323 e. The fraction of sp³-hybridized carbons (Fsp3) is 0.174. The maximum absolute atomic E-state index is 11.9. The van der Waals surface area contributed by atoms with Gasteiger partial charge in [0.1, 0.15) is 6.04 Å². The monoisotopic (exact) mass is 361 g/mol. The average molecular weight is 361 g/mol. The molecule has 3 rings (SSSR count). The van der Waals surface area contributed by atoms with Crippen LogP contribution in [0.1, 0.15) is 16.7 Å². The summed E-state index contributed by atoms with van der Waals surface area (Å²) in [6, 6.07) is 28.8. The van der Waals surface area contributed by atoms with Crippen LogP contribution in [0.25, 0.3) is 0 Å². The number of aliphatic carboxylic acids is 1. The molecule has 0 bridgehead atoms. The van der Waals surface area contributed by atoms with Crippen LogP contribution in [-0.2, 0) is 15.1 Å². The van der Waals surface area contributed by atoms with Gasteiger partial charge in [0.15, 0.2) is 0 Å². The topological polar surface area (TPSA) is 58.6 Å². The summed E-state index contributed by atoms with van der Waals surface area (Å²) in [6.07, 6.45) is 0. The molecule has 138 valence electrons. The van der Waals surface area contributed by atoms with E-state index in [9.17, 15) is 9.90 Å². The lowest BCUT2D eigenvalue weighted by Gasteiger charge is -2.39. The highest BCUT2D eigenvalue weighted by Gasteiger charge is 2.39. The van der Waals surface area contributed by atoms with Crippen LogP contribution in [0, 0.1) is 0 Å². The molecular formula is C23H23NO3. The molecule has 3 aromatic carbocycles. The molecule has 0 saturated heterocycles. The highest BCUT2D eigenvalue weighted by atomic mass is 16.5. The van der Waals surface area contributed by atoms with Gasteiger partial charge in [0.05, 0.1) is 12.1 Å². The van der Waals surface area contributed by atoms with E-state index in [0.717, 1.165) is 16.7 Å². The molecule has 27 heavy (non-hydrogen) atoms. The summed E-state index contributed by atoms with van der Waals surface area (Å²) < 4.78 is 5.18. The predicted molar refractivity (Wildman–Crippen MR) is 106 cm³/mol. The summed E-state index contributed by atoms with van der Waals surface area (Å²) >= 11 is 0. The van der Waals surface area contributed by atoms with E-state index >= 15 is 0 Å². The summed E-state index contributed by atoms with van der Waals surface area (Å²) in [5.74, 6) is -0.955. The highest BCUT2D eigenvalue weighted by Crippen LogP contribution is 2.37. The van der Waals surface area contributed by atoms with Crippen LogP contribution in [0.3, 0.4) is 0 Å². The number of carbonyl (C=O) groups is 1. The highest BCUT2D eigenvalue weighted by molar-refractivity contribution is 5.74. The Kier molecular flexibility index (Phi) is 6.01. The van der Waals surface area contributed by atoms with E-state index in [-0.39, 0.29) is 6.61 Å². The van der Waals surface area contributed by atoms with Crippen LogP contribution in [0.4, 0.5) is 0 Å². The van der Waals surface area contributed by atoms with Crippen molar-refractivity contribution in [1.82, 2.24) is 5.32 Å². The SMILES string of the molecule is COC[C@H](NC(c1ccccc1)(c1ccccc1)c1ccccc1)C(=O)O. The fourth-order valence-corrected chi connectivity index (χ4v) is 3.42. The maximum Gasteiger partial charge on any atom is 0.323 e. The van der Waals surface area contributed by atoms with E-state index in [0.29, 0.717) is 0 Å². The summed E-state index contributed by atoms with van der Waals surface area (Å²) in [5.41, 5.74) is 2.06. The van der Waals surface area contributed by atoms with Crippen molar-refractivity contribution in [2.24, 2.45) is 0 Å². The van der Waals surface area contributed by atoms with Gasteiger partial charge in [-0.3, -0.25) is 10.1 Å². The number of benzene rings is 3. The molecule has 0 spiro atoms. The molecule has 0 aromatic heterocycles. The molecule has 0 heterocycles. The Hall–Kier alpha value is -2.95. The third-order valence-corrected chi connectivity index (χ3v) is 4.64. The van der Waals surface area contributed by atoms with Crippen molar-refractivity contribution in [2.75, 3.05) is 13.7 Å². The van der Waals surface area contributed by atoms with Crippen LogP contribution < -0.4 is 5.32 Å². The van der Waals surface area contributed by atoms with Crippen LogP contribution >= 0.6 is 0 Å². The first-order valence-electron chi connectivity index (χ1n) is 8.84. The minimum atomic E-state index is -0.955. The number of ether oxygens (including phenoxy) is 1. The van der Waals surface area contributed by atoms with Crippen molar-refractivity contribution in [3.63, 3.8) is 0 Å². The minimum absolute atomic E-state index is 0.0591. The van der Waals surface area contributed by atoms with Crippen LogP contribution in [0.5, 0.6) is 0 Å². The second-order valence-corrected chi connectivity index (χ2v) is 6.34. The number of hydrogen-bond donors (Lipinski definition) is 2. The predicted octanol–water partition coefficient (Wildman–Crippen LogP) is 3.67. The van der Waals surface area contributed by atoms with E-state index in [1.54, 1.807) is 0 Å². The second kappa shape index (κ2) is 8.62. The van der Waals surface area contributed by atoms with Crippen LogP contribution in [0.2, 0.25) is 0 Å². The van der Waals surface area contributed by atoms with Gasteiger partial charge < -0.3 is 9.84 Å². The lowest BCUT2D eigenvalue weighted by Crippen LogP contribution is -2.54. The third-order valence-electron chi connectivity index (χ3n) is 4.64. The molecule has 0 aliphatic heterocycles. The van der Waals surface area contributed by atoms with Gasteiger partial charge in [-0.15, -0.1) is 0 Å². The van der Waals surface area contributed by atoms with Gasteiger partial charge in [-0.05, 0) is 16.7 Å². The van der Waals surface area contributed by atoms with E-state index in [4.69, 9.17) is 4.74 Å². The minimum Gasteiger partial charge on any atom is -0.480 e. The summed E-state index contributed by atoms with van der Waals surface area (Å²) in [6.45, 7) is 0.0591. The van der Waals surface area contributed by atoms with Crippen LogP contribution in [-0.4, -0.2) is 30.8 Å². The van der Waals surface area contributed by atoms with Gasteiger partial charge in [-0.25, -0.2) is 0 Å². The Balaban J connectivity index is 2.27. The molecule has 0 saturated carbocycles. The molecule has 0 amide bonds. The first kappa shape index (κ1) is 18.8. The first-order valence-corrected chi connectivity index (χ1v) is 8.84. The number of hydrogen-bond acceptors (Lipinski definition) is 3. The average Bonchev–Trinajstić information content (AvgIpc) is 2.73. The first-order chi connectivity index (χ1) is 13.2. The number of methoxy groups -OCH3 is 1.